The highest BCUT2D eigenvalue weighted by Gasteiger charge is 2.60. The summed E-state index contributed by atoms with van der Waals surface area (Å²) in [7, 11) is 5.28. The third-order valence-corrected chi connectivity index (χ3v) is 14.1. The maximum Gasteiger partial charge on any atom is 0.410 e. The molecule has 2 aromatic heterocycles. The number of nitrogens with one attached hydrogen (secondary N) is 1. The molecule has 2 N–H and O–H groups in total. The summed E-state index contributed by atoms with van der Waals surface area (Å²) in [5.74, 6) is -4.21. The molecule has 0 spiro atoms. The molecule has 362 valence electrons. The fourth-order valence-corrected chi connectivity index (χ4v) is 10.4. The molecule has 5 heterocycles. The fourth-order valence-electron chi connectivity index (χ4n) is 10.2. The number of likely N-dealkylation sites (N-methyl/N-ethyl adjacent to an activating group) is 1. The molecule has 17 heteroatoms. The van der Waals surface area contributed by atoms with Crippen LogP contribution in [-0.4, -0.2) is 143 Å². The average Bonchev–Trinajstić information content (AvgIpc) is 3.54. The van der Waals surface area contributed by atoms with Crippen LogP contribution in [0.4, 0.5) is 10.6 Å². The summed E-state index contributed by atoms with van der Waals surface area (Å²) < 4.78 is 38.5. The predicted octanol–water partition coefficient (Wildman–Crippen LogP) is 6.50. The van der Waals surface area contributed by atoms with Gasteiger partial charge in [-0.15, -0.1) is 0 Å². The van der Waals surface area contributed by atoms with E-state index < -0.39 is 89.7 Å². The molecule has 0 radical (unpaired) electrons. The highest BCUT2D eigenvalue weighted by molar-refractivity contribution is 6.32. The number of fused-ring (bicyclic) bond motifs is 1. The third-order valence-electron chi connectivity index (χ3n) is 13.8. The molecule has 3 fully saturated rings. The topological polar surface area (TPSA) is 188 Å². The summed E-state index contributed by atoms with van der Waals surface area (Å²) in [5.41, 5.74) is -2.03. The van der Waals surface area contributed by atoms with Crippen molar-refractivity contribution in [2.75, 3.05) is 39.6 Å². The van der Waals surface area contributed by atoms with Gasteiger partial charge < -0.3 is 48.6 Å². The second-order valence-corrected chi connectivity index (χ2v) is 19.3. The van der Waals surface area contributed by atoms with E-state index in [0.29, 0.717) is 48.8 Å². The number of carbonyl (C=O) groups is 4. The number of unbranched alkanes of at least 4 members (excludes halogenated alkanes) is 1. The standard InChI is InChI=1S/C48H72ClN5O11/c1-12-36-48(8)41(54(46(59)65-48)25-16-15-23-51-43-34(49)19-17-24-52-43)30(4)38(56)28(2)27-47(7,60-11)42(64-45-39(57)35(53(9)10)26-29(3)61-45)31(5)40(32(6)44(58)62-36)63-37(55)21-20-33-18-13-14-22-50-33/h13-14,17-19,22,24,28-32,35-36,39-42,45,57H,12,15-16,20-21,23,25-27H2,1-11H3,(H,51,52)/t28-,29-,30-,31-,32-,35+,36+,39-,40-,41+,42-,45?,47-,48-/m1/s1. The van der Waals surface area contributed by atoms with Gasteiger partial charge in [0.1, 0.15) is 29.9 Å². The number of esters is 2. The second kappa shape index (κ2) is 22.7. The lowest BCUT2D eigenvalue weighted by molar-refractivity contribution is -0.301. The minimum atomic E-state index is -1.44. The Balaban J connectivity index is 1.53. The van der Waals surface area contributed by atoms with Crippen molar-refractivity contribution < 1.29 is 52.7 Å². The Labute approximate surface area is 389 Å². The van der Waals surface area contributed by atoms with E-state index in [-0.39, 0.29) is 43.7 Å². The van der Waals surface area contributed by atoms with Gasteiger partial charge in [-0.3, -0.25) is 19.4 Å². The largest absolute Gasteiger partial charge is 0.461 e. The number of aliphatic hydroxyl groups excluding tert-OH is 1. The monoisotopic (exact) mass is 929 g/mol. The van der Waals surface area contributed by atoms with Gasteiger partial charge in [0, 0.05) is 68.5 Å². The number of cyclic esters (lactones) is 1. The molecule has 2 aromatic rings. The van der Waals surface area contributed by atoms with Crippen LogP contribution in [0.3, 0.4) is 0 Å². The number of pyridine rings is 2. The summed E-state index contributed by atoms with van der Waals surface area (Å²) in [6.45, 7) is 15.1. The first kappa shape index (κ1) is 52.0. The molecule has 0 aromatic carbocycles. The lowest BCUT2D eigenvalue weighted by Gasteiger charge is -2.48. The highest BCUT2D eigenvalue weighted by atomic mass is 35.5. The van der Waals surface area contributed by atoms with Crippen molar-refractivity contribution in [3.8, 4) is 0 Å². The first-order chi connectivity index (χ1) is 30.8. The zero-order valence-electron chi connectivity index (χ0n) is 40.0. The number of nitrogens with zero attached hydrogens (tertiary/aromatic N) is 4. The normalized spacial score (nSPS) is 34.9. The average molecular weight is 931 g/mol. The van der Waals surface area contributed by atoms with Crippen LogP contribution in [-0.2, 0) is 49.2 Å². The van der Waals surface area contributed by atoms with E-state index >= 15 is 0 Å². The van der Waals surface area contributed by atoms with Crippen molar-refractivity contribution in [3.63, 3.8) is 0 Å². The van der Waals surface area contributed by atoms with Crippen LogP contribution >= 0.6 is 11.6 Å². The van der Waals surface area contributed by atoms with Crippen molar-refractivity contribution in [1.29, 1.82) is 0 Å². The number of aliphatic hydroxyl groups is 1. The maximum absolute atomic E-state index is 15.0. The molecule has 0 bridgehead atoms. The van der Waals surface area contributed by atoms with Gasteiger partial charge in [0.2, 0.25) is 0 Å². The van der Waals surface area contributed by atoms with Crippen molar-refractivity contribution in [3.05, 3.63) is 53.4 Å². The minimum Gasteiger partial charge on any atom is -0.461 e. The number of anilines is 1. The van der Waals surface area contributed by atoms with Crippen LogP contribution in [0, 0.1) is 23.7 Å². The number of aromatic nitrogens is 2. The molecule has 1 unspecified atom stereocenters. The maximum atomic E-state index is 15.0. The smallest absolute Gasteiger partial charge is 0.410 e. The quantitative estimate of drug-likeness (QED) is 0.112. The van der Waals surface area contributed by atoms with Gasteiger partial charge in [0.05, 0.1) is 41.2 Å². The van der Waals surface area contributed by atoms with Crippen LogP contribution in [0.25, 0.3) is 0 Å². The number of carbonyl (C=O) groups excluding carboxylic acids is 4. The number of ether oxygens (including phenoxy) is 6. The fraction of sp³-hybridized carbons (Fsp3) is 0.708. The van der Waals surface area contributed by atoms with E-state index in [9.17, 15) is 24.3 Å². The molecular weight excluding hydrogens is 858 g/mol. The molecule has 3 aliphatic heterocycles. The zero-order chi connectivity index (χ0) is 47.8. The Morgan fingerprint density at radius 3 is 2.40 bits per heavy atom. The number of ketones is 1. The van der Waals surface area contributed by atoms with Gasteiger partial charge in [-0.2, -0.15) is 0 Å². The zero-order valence-corrected chi connectivity index (χ0v) is 40.8. The SMILES string of the molecule is CC[C@@H]1OC(=O)[C@H](C)[C@H](OC(=O)CCc2ccccn2)[C@@H](C)[C@@H](OC2O[C@H](C)C[C@H](N(C)C)[C@H]2O)[C@](C)(OC)C[C@@H](C)C(=O)[C@@H](C)[C@@H]2N(CCCCNc3ncccc3Cl)C(=O)O[C@]12C. The number of hydrogen-bond acceptors (Lipinski definition) is 15. The van der Waals surface area contributed by atoms with Gasteiger partial charge in [-0.1, -0.05) is 45.4 Å². The third kappa shape index (κ3) is 12.2. The Morgan fingerprint density at radius 1 is 1.03 bits per heavy atom. The second-order valence-electron chi connectivity index (χ2n) is 18.9. The van der Waals surface area contributed by atoms with Gasteiger partial charge in [0.25, 0.3) is 0 Å². The lowest BCUT2D eigenvalue weighted by atomic mass is 9.73. The van der Waals surface area contributed by atoms with E-state index in [2.05, 4.69) is 15.3 Å². The predicted molar refractivity (Wildman–Crippen MR) is 244 cm³/mol. The van der Waals surface area contributed by atoms with Crippen molar-refractivity contribution in [2.45, 2.75) is 160 Å². The molecule has 14 atom stereocenters. The van der Waals surface area contributed by atoms with E-state index in [4.69, 9.17) is 40.0 Å². The molecule has 0 aliphatic carbocycles. The molecule has 3 aliphatic rings. The summed E-state index contributed by atoms with van der Waals surface area (Å²) in [6.07, 6.45) is -0.606. The Morgan fingerprint density at radius 2 is 1.75 bits per heavy atom. The minimum absolute atomic E-state index is 0.0267. The van der Waals surface area contributed by atoms with Gasteiger partial charge in [-0.05, 0) is 98.2 Å². The number of methoxy groups -OCH3 is 1. The van der Waals surface area contributed by atoms with Crippen LogP contribution in [0.1, 0.15) is 99.6 Å². The molecule has 0 saturated carbocycles. The van der Waals surface area contributed by atoms with E-state index in [1.165, 1.54) is 7.11 Å². The number of aryl methyl sites for hydroxylation is 1. The van der Waals surface area contributed by atoms with Gasteiger partial charge >= 0.3 is 18.0 Å². The Hall–Kier alpha value is -3.93. The van der Waals surface area contributed by atoms with Crippen LogP contribution in [0.15, 0.2) is 42.7 Å². The molecule has 65 heavy (non-hydrogen) atoms. The van der Waals surface area contributed by atoms with Crippen LogP contribution in [0.2, 0.25) is 5.02 Å². The molecule has 16 nitrogen and oxygen atoms in total. The van der Waals surface area contributed by atoms with Crippen LogP contribution < -0.4 is 5.32 Å². The lowest BCUT2D eigenvalue weighted by Crippen LogP contribution is -2.61. The summed E-state index contributed by atoms with van der Waals surface area (Å²) in [4.78, 5) is 69.7. The number of halogens is 1. The van der Waals surface area contributed by atoms with Crippen LogP contribution in [0.5, 0.6) is 0 Å². The number of rotatable bonds is 15. The van der Waals surface area contributed by atoms with Crippen molar-refractivity contribution in [1.82, 2.24) is 19.8 Å². The van der Waals surface area contributed by atoms with Gasteiger partial charge in [0.15, 0.2) is 11.9 Å². The highest BCUT2D eigenvalue weighted by Crippen LogP contribution is 2.44. The first-order valence-electron chi connectivity index (χ1n) is 23.1. The van der Waals surface area contributed by atoms with E-state index in [0.717, 1.165) is 0 Å². The summed E-state index contributed by atoms with van der Waals surface area (Å²) in [6, 6.07) is 7.82. The van der Waals surface area contributed by atoms with Crippen molar-refractivity contribution in [2.24, 2.45) is 23.7 Å². The molecule has 1 amide bonds. The summed E-state index contributed by atoms with van der Waals surface area (Å²) in [5, 5.41) is 15.5. The molecule has 5 rings (SSSR count). The molecular formula is C48H72ClN5O11. The van der Waals surface area contributed by atoms with Gasteiger partial charge in [-0.25, -0.2) is 9.78 Å². The van der Waals surface area contributed by atoms with Crippen molar-refractivity contribution >= 4 is 41.2 Å². The number of hydrogen-bond donors (Lipinski definition) is 2. The summed E-state index contributed by atoms with van der Waals surface area (Å²) >= 11 is 6.29. The Kier molecular flexibility index (Phi) is 18.2. The van der Waals surface area contributed by atoms with E-state index in [1.807, 2.05) is 58.8 Å². The molecule has 3 saturated heterocycles. The van der Waals surface area contributed by atoms with E-state index in [1.54, 1.807) is 63.2 Å². The first-order valence-corrected chi connectivity index (χ1v) is 23.5. The Bertz CT molecular complexity index is 1910. The number of amides is 1. The number of Topliss-reactive ketones (excluding diaryl/α,β-unsaturated/α-hetero) is 1.